The van der Waals surface area contributed by atoms with Gasteiger partial charge in [-0.05, 0) is 67.9 Å². The molecule has 0 aliphatic rings. The number of hydrogen-bond acceptors (Lipinski definition) is 4. The van der Waals surface area contributed by atoms with E-state index in [4.69, 9.17) is 0 Å². The van der Waals surface area contributed by atoms with Crippen molar-refractivity contribution in [3.63, 3.8) is 0 Å². The number of para-hydroxylation sites is 1. The topological polar surface area (TPSA) is 95.6 Å². The van der Waals surface area contributed by atoms with E-state index < -0.39 is 15.9 Å². The second-order valence-electron chi connectivity index (χ2n) is 8.16. The van der Waals surface area contributed by atoms with Crippen molar-refractivity contribution in [1.29, 1.82) is 0 Å². The van der Waals surface area contributed by atoms with E-state index in [-0.39, 0.29) is 28.8 Å². The summed E-state index contributed by atoms with van der Waals surface area (Å²) >= 11 is 0. The van der Waals surface area contributed by atoms with Gasteiger partial charge < -0.3 is 10.6 Å². The first kappa shape index (κ1) is 25.0. The van der Waals surface area contributed by atoms with Crippen molar-refractivity contribution in [3.05, 3.63) is 83.9 Å². The molecule has 7 nitrogen and oxygen atoms in total. The molecule has 3 aromatic carbocycles. The highest BCUT2D eigenvalue weighted by Crippen LogP contribution is 2.26. The number of benzene rings is 3. The standard InChI is InChI=1S/C26H29N3O4S/c1-5-29(23-9-7-6-8-10-23)34(32,33)24-17-20(12-11-19(24)4)26(31)28-22-15-13-21(14-16-22)27-25(30)18(2)3/h6-18H,5H2,1-4H3,(H,27,30)(H,28,31). The highest BCUT2D eigenvalue weighted by atomic mass is 32.2. The maximum absolute atomic E-state index is 13.5. The number of nitrogens with zero attached hydrogens (tertiary/aromatic N) is 1. The summed E-state index contributed by atoms with van der Waals surface area (Å²) in [6.07, 6.45) is 0. The van der Waals surface area contributed by atoms with Crippen LogP contribution in [-0.2, 0) is 14.8 Å². The molecule has 8 heteroatoms. The molecule has 2 N–H and O–H groups in total. The zero-order valence-corrected chi connectivity index (χ0v) is 20.5. The normalized spacial score (nSPS) is 11.2. The number of amides is 2. The number of sulfonamides is 1. The van der Waals surface area contributed by atoms with Gasteiger partial charge in [0, 0.05) is 29.4 Å². The fourth-order valence-electron chi connectivity index (χ4n) is 3.35. The quantitative estimate of drug-likeness (QED) is 0.472. The summed E-state index contributed by atoms with van der Waals surface area (Å²) in [5, 5.41) is 5.56. The monoisotopic (exact) mass is 479 g/mol. The van der Waals surface area contributed by atoms with E-state index in [2.05, 4.69) is 10.6 Å². The molecule has 0 aliphatic carbocycles. The van der Waals surface area contributed by atoms with Crippen molar-refractivity contribution in [3.8, 4) is 0 Å². The molecular formula is C26H29N3O4S. The minimum Gasteiger partial charge on any atom is -0.326 e. The zero-order valence-electron chi connectivity index (χ0n) is 19.7. The van der Waals surface area contributed by atoms with Crippen LogP contribution in [0.5, 0.6) is 0 Å². The van der Waals surface area contributed by atoms with E-state index in [0.717, 1.165) is 0 Å². The Morgan fingerprint density at radius 1 is 0.882 bits per heavy atom. The van der Waals surface area contributed by atoms with Gasteiger partial charge in [0.1, 0.15) is 0 Å². The Balaban J connectivity index is 1.83. The lowest BCUT2D eigenvalue weighted by atomic mass is 10.1. The molecule has 0 bridgehead atoms. The van der Waals surface area contributed by atoms with E-state index in [1.807, 2.05) is 6.07 Å². The molecule has 0 saturated carbocycles. The van der Waals surface area contributed by atoms with Gasteiger partial charge in [-0.25, -0.2) is 8.42 Å². The van der Waals surface area contributed by atoms with E-state index in [9.17, 15) is 18.0 Å². The molecule has 178 valence electrons. The van der Waals surface area contributed by atoms with E-state index in [0.29, 0.717) is 22.6 Å². The maximum atomic E-state index is 13.5. The second kappa shape index (κ2) is 10.5. The van der Waals surface area contributed by atoms with Crippen molar-refractivity contribution in [2.45, 2.75) is 32.6 Å². The molecule has 0 fully saturated rings. The second-order valence-corrected chi connectivity index (χ2v) is 9.99. The summed E-state index contributed by atoms with van der Waals surface area (Å²) in [5.74, 6) is -0.670. The summed E-state index contributed by atoms with van der Waals surface area (Å²) in [6.45, 7) is 7.34. The van der Waals surface area contributed by atoms with Gasteiger partial charge in [-0.3, -0.25) is 13.9 Å². The molecular weight excluding hydrogens is 450 g/mol. The summed E-state index contributed by atoms with van der Waals surface area (Å²) in [7, 11) is -3.87. The molecule has 0 saturated heterocycles. The summed E-state index contributed by atoms with van der Waals surface area (Å²) in [6, 6.07) is 20.2. The third kappa shape index (κ3) is 5.63. The molecule has 3 rings (SSSR count). The maximum Gasteiger partial charge on any atom is 0.264 e. The fraction of sp³-hybridized carbons (Fsp3) is 0.231. The predicted molar refractivity (Wildman–Crippen MR) is 136 cm³/mol. The Labute approximate surface area is 200 Å². The molecule has 0 spiro atoms. The largest absolute Gasteiger partial charge is 0.326 e. The first-order valence-electron chi connectivity index (χ1n) is 11.0. The number of carbonyl (C=O) groups is 2. The van der Waals surface area contributed by atoms with Crippen LogP contribution in [0.2, 0.25) is 0 Å². The van der Waals surface area contributed by atoms with Crippen LogP contribution >= 0.6 is 0 Å². The Bertz CT molecular complexity index is 1270. The number of aryl methyl sites for hydroxylation is 1. The van der Waals surface area contributed by atoms with Gasteiger partial charge in [0.25, 0.3) is 15.9 Å². The van der Waals surface area contributed by atoms with E-state index >= 15 is 0 Å². The molecule has 0 unspecified atom stereocenters. The van der Waals surface area contributed by atoms with Gasteiger partial charge in [0.15, 0.2) is 0 Å². The van der Waals surface area contributed by atoms with Gasteiger partial charge in [-0.2, -0.15) is 0 Å². The molecule has 0 heterocycles. The number of anilines is 3. The SMILES string of the molecule is CCN(c1ccccc1)S(=O)(=O)c1cc(C(=O)Nc2ccc(NC(=O)C(C)C)cc2)ccc1C. The van der Waals surface area contributed by atoms with Crippen LogP contribution in [0.4, 0.5) is 17.1 Å². The highest BCUT2D eigenvalue weighted by Gasteiger charge is 2.26. The van der Waals surface area contributed by atoms with Crippen LogP contribution < -0.4 is 14.9 Å². The molecule has 0 aromatic heterocycles. The Morgan fingerprint density at radius 2 is 1.47 bits per heavy atom. The van der Waals surface area contributed by atoms with Crippen LogP contribution in [0.15, 0.2) is 77.7 Å². The number of carbonyl (C=O) groups excluding carboxylic acids is 2. The van der Waals surface area contributed by atoms with Crippen LogP contribution in [0.3, 0.4) is 0 Å². The van der Waals surface area contributed by atoms with E-state index in [1.165, 1.54) is 10.4 Å². The minimum absolute atomic E-state index is 0.0811. The Hall–Kier alpha value is -3.65. The lowest BCUT2D eigenvalue weighted by Gasteiger charge is -2.24. The van der Waals surface area contributed by atoms with Crippen LogP contribution in [0.1, 0.15) is 36.7 Å². The summed E-state index contributed by atoms with van der Waals surface area (Å²) in [4.78, 5) is 24.8. The summed E-state index contributed by atoms with van der Waals surface area (Å²) in [5.41, 5.74) is 2.49. The van der Waals surface area contributed by atoms with Gasteiger partial charge in [-0.1, -0.05) is 38.1 Å². The third-order valence-corrected chi connectivity index (χ3v) is 7.33. The molecule has 0 radical (unpaired) electrons. The van der Waals surface area contributed by atoms with Crippen LogP contribution in [-0.4, -0.2) is 26.8 Å². The fourth-order valence-corrected chi connectivity index (χ4v) is 5.08. The van der Waals surface area contributed by atoms with Crippen molar-refractivity contribution < 1.29 is 18.0 Å². The van der Waals surface area contributed by atoms with Crippen LogP contribution in [0.25, 0.3) is 0 Å². The number of hydrogen-bond donors (Lipinski definition) is 2. The molecule has 0 aliphatic heterocycles. The Morgan fingerprint density at radius 3 is 2.03 bits per heavy atom. The van der Waals surface area contributed by atoms with Gasteiger partial charge in [0.05, 0.1) is 10.6 Å². The van der Waals surface area contributed by atoms with Crippen molar-refractivity contribution in [2.75, 3.05) is 21.5 Å². The van der Waals surface area contributed by atoms with Gasteiger partial charge in [-0.15, -0.1) is 0 Å². The third-order valence-electron chi connectivity index (χ3n) is 5.28. The number of nitrogens with one attached hydrogen (secondary N) is 2. The lowest BCUT2D eigenvalue weighted by molar-refractivity contribution is -0.118. The first-order valence-corrected chi connectivity index (χ1v) is 12.5. The highest BCUT2D eigenvalue weighted by molar-refractivity contribution is 7.92. The summed E-state index contributed by atoms with van der Waals surface area (Å²) < 4.78 is 28.2. The van der Waals surface area contributed by atoms with Crippen LogP contribution in [0, 0.1) is 12.8 Å². The van der Waals surface area contributed by atoms with E-state index in [1.54, 1.807) is 88.4 Å². The van der Waals surface area contributed by atoms with Crippen molar-refractivity contribution in [2.24, 2.45) is 5.92 Å². The van der Waals surface area contributed by atoms with Gasteiger partial charge in [0.2, 0.25) is 5.91 Å². The first-order chi connectivity index (χ1) is 16.1. The average molecular weight is 480 g/mol. The lowest BCUT2D eigenvalue weighted by Crippen LogP contribution is -2.31. The predicted octanol–water partition coefficient (Wildman–Crippen LogP) is 5.06. The number of rotatable bonds is 8. The average Bonchev–Trinajstić information content (AvgIpc) is 2.81. The van der Waals surface area contributed by atoms with Crippen molar-refractivity contribution in [1.82, 2.24) is 0 Å². The molecule has 0 atom stereocenters. The molecule has 34 heavy (non-hydrogen) atoms. The smallest absolute Gasteiger partial charge is 0.264 e. The van der Waals surface area contributed by atoms with Gasteiger partial charge >= 0.3 is 0 Å². The minimum atomic E-state index is -3.87. The molecule has 2 amide bonds. The zero-order chi connectivity index (χ0) is 24.9. The Kier molecular flexibility index (Phi) is 7.73. The van der Waals surface area contributed by atoms with Crippen molar-refractivity contribution >= 4 is 38.9 Å². The molecule has 3 aromatic rings.